The second kappa shape index (κ2) is 8.97. The number of hydrogen-bond acceptors (Lipinski definition) is 8. The third kappa shape index (κ3) is 3.96. The highest BCUT2D eigenvalue weighted by atomic mass is 32.2. The van der Waals surface area contributed by atoms with Gasteiger partial charge in [0.1, 0.15) is 4.90 Å². The lowest BCUT2D eigenvalue weighted by molar-refractivity contribution is -0.00960. The highest BCUT2D eigenvalue weighted by molar-refractivity contribution is 7.99. The van der Waals surface area contributed by atoms with E-state index in [1.54, 1.807) is 18.3 Å². The van der Waals surface area contributed by atoms with Crippen LogP contribution in [-0.4, -0.2) is 46.2 Å². The molecule has 2 aromatic heterocycles. The summed E-state index contributed by atoms with van der Waals surface area (Å²) in [6.07, 6.45) is 2.35. The number of para-hydroxylation sites is 1. The summed E-state index contributed by atoms with van der Waals surface area (Å²) in [6.45, 7) is 0.386. The van der Waals surface area contributed by atoms with Gasteiger partial charge in [-0.05, 0) is 53.0 Å². The molecule has 0 bridgehead atoms. The van der Waals surface area contributed by atoms with Gasteiger partial charge in [0.25, 0.3) is 0 Å². The molecule has 1 fully saturated rings. The lowest BCUT2D eigenvalue weighted by Gasteiger charge is -2.37. The van der Waals surface area contributed by atoms with Crippen LogP contribution in [0.3, 0.4) is 0 Å². The Balaban J connectivity index is 1.30. The van der Waals surface area contributed by atoms with E-state index in [2.05, 4.69) is 15.3 Å². The summed E-state index contributed by atoms with van der Waals surface area (Å²) in [7, 11) is -3.88. The monoisotopic (exact) mass is 518 g/mol. The topological polar surface area (TPSA) is 109 Å². The van der Waals surface area contributed by atoms with Crippen molar-refractivity contribution in [1.29, 1.82) is 0 Å². The molecule has 0 spiro atoms. The van der Waals surface area contributed by atoms with Crippen molar-refractivity contribution in [3.05, 3.63) is 84.6 Å². The smallest absolute Gasteiger partial charge is 0.245 e. The molecule has 0 radical (unpaired) electrons. The fraction of sp³-hybridized carbons (Fsp3) is 0.192. The van der Waals surface area contributed by atoms with Crippen LogP contribution in [0.5, 0.6) is 0 Å². The molecule has 10 heteroatoms. The number of piperidine rings is 1. The van der Waals surface area contributed by atoms with Crippen molar-refractivity contribution in [3.63, 3.8) is 0 Å². The lowest BCUT2D eigenvalue weighted by atomic mass is 9.85. The third-order valence-electron chi connectivity index (χ3n) is 6.64. The number of hydrogen-bond donors (Lipinski definition) is 1. The molecule has 5 aromatic rings. The SMILES string of the molecule is O=S(=O)(c1ccc(Sc2cccc3cccnc23)c2nonc12)N1CCC(O)(c2ccccc2)CC1. The van der Waals surface area contributed by atoms with Crippen LogP contribution in [-0.2, 0) is 15.6 Å². The standard InChI is InChI=1S/C26H22N4O4S2/c31-26(19-8-2-1-3-9-19)13-16-30(17-14-26)36(32,33)22-12-11-21(24-25(22)29-34-28-24)35-20-10-4-6-18-7-5-15-27-23(18)20/h1-12,15,31H,13-14,16-17H2. The number of benzene rings is 3. The maximum Gasteiger partial charge on any atom is 0.245 e. The van der Waals surface area contributed by atoms with Crippen molar-refractivity contribution in [1.82, 2.24) is 19.6 Å². The van der Waals surface area contributed by atoms with E-state index in [9.17, 15) is 13.5 Å². The zero-order valence-corrected chi connectivity index (χ0v) is 20.7. The van der Waals surface area contributed by atoms with E-state index in [1.165, 1.54) is 16.1 Å². The lowest BCUT2D eigenvalue weighted by Crippen LogP contribution is -2.45. The molecule has 0 amide bonds. The minimum absolute atomic E-state index is 0.0456. The molecule has 0 atom stereocenters. The number of fused-ring (bicyclic) bond motifs is 2. The van der Waals surface area contributed by atoms with Gasteiger partial charge in [0, 0.05) is 34.5 Å². The van der Waals surface area contributed by atoms with Crippen LogP contribution in [0.4, 0.5) is 0 Å². The maximum absolute atomic E-state index is 13.6. The predicted molar refractivity (Wildman–Crippen MR) is 136 cm³/mol. The molecule has 182 valence electrons. The summed E-state index contributed by atoms with van der Waals surface area (Å²) in [6, 6.07) is 22.5. The van der Waals surface area contributed by atoms with Crippen LogP contribution in [0, 0.1) is 0 Å². The molecule has 1 aliphatic rings. The first-order chi connectivity index (χ1) is 17.5. The van der Waals surface area contributed by atoms with Crippen LogP contribution in [0.25, 0.3) is 21.9 Å². The van der Waals surface area contributed by atoms with Crippen molar-refractivity contribution < 1.29 is 18.2 Å². The van der Waals surface area contributed by atoms with Crippen molar-refractivity contribution in [2.45, 2.75) is 33.1 Å². The second-order valence-electron chi connectivity index (χ2n) is 8.76. The van der Waals surface area contributed by atoms with E-state index in [1.807, 2.05) is 60.7 Å². The van der Waals surface area contributed by atoms with Gasteiger partial charge in [0.05, 0.1) is 11.1 Å². The number of rotatable bonds is 5. The van der Waals surface area contributed by atoms with Gasteiger partial charge in [-0.25, -0.2) is 13.0 Å². The fourth-order valence-corrected chi connectivity index (χ4v) is 7.24. The number of nitrogens with zero attached hydrogens (tertiary/aromatic N) is 4. The minimum Gasteiger partial charge on any atom is -0.385 e. The van der Waals surface area contributed by atoms with Crippen molar-refractivity contribution in [2.24, 2.45) is 0 Å². The molecule has 0 unspecified atom stereocenters. The van der Waals surface area contributed by atoms with Gasteiger partial charge in [0.2, 0.25) is 10.0 Å². The molecule has 0 aliphatic carbocycles. The molecule has 3 aromatic carbocycles. The normalized spacial score (nSPS) is 16.5. The van der Waals surface area contributed by atoms with Crippen LogP contribution < -0.4 is 0 Å². The average molecular weight is 519 g/mol. The maximum atomic E-state index is 13.6. The first-order valence-electron chi connectivity index (χ1n) is 11.5. The van der Waals surface area contributed by atoms with Gasteiger partial charge in [-0.15, -0.1) is 0 Å². The number of aromatic nitrogens is 3. The van der Waals surface area contributed by atoms with E-state index >= 15 is 0 Å². The quantitative estimate of drug-likeness (QED) is 0.360. The molecule has 3 heterocycles. The average Bonchev–Trinajstić information content (AvgIpc) is 3.40. The number of sulfonamides is 1. The van der Waals surface area contributed by atoms with E-state index in [0.717, 1.165) is 26.3 Å². The van der Waals surface area contributed by atoms with Gasteiger partial charge < -0.3 is 5.11 Å². The van der Waals surface area contributed by atoms with E-state index in [-0.39, 0.29) is 23.5 Å². The zero-order chi connectivity index (χ0) is 24.8. The zero-order valence-electron chi connectivity index (χ0n) is 19.1. The highest BCUT2D eigenvalue weighted by Gasteiger charge is 2.39. The predicted octanol–water partition coefficient (Wildman–Crippen LogP) is 4.59. The summed E-state index contributed by atoms with van der Waals surface area (Å²) in [5, 5.41) is 20.1. The molecule has 6 rings (SSSR count). The summed E-state index contributed by atoms with van der Waals surface area (Å²) in [4.78, 5) is 6.18. The molecular formula is C26H22N4O4S2. The van der Waals surface area contributed by atoms with E-state index in [0.29, 0.717) is 18.4 Å². The summed E-state index contributed by atoms with van der Waals surface area (Å²) in [5.74, 6) is 0. The van der Waals surface area contributed by atoms with Gasteiger partial charge in [0.15, 0.2) is 11.0 Å². The largest absolute Gasteiger partial charge is 0.385 e. The second-order valence-corrected chi connectivity index (χ2v) is 11.7. The molecule has 1 aliphatic heterocycles. The molecule has 1 N–H and O–H groups in total. The molecule has 1 saturated heterocycles. The van der Waals surface area contributed by atoms with Gasteiger partial charge in [-0.2, -0.15) is 4.31 Å². The Morgan fingerprint density at radius 3 is 2.36 bits per heavy atom. The van der Waals surface area contributed by atoms with E-state index in [4.69, 9.17) is 4.63 Å². The molecule has 8 nitrogen and oxygen atoms in total. The Bertz CT molecular complexity index is 1660. The Hall–Kier alpha value is -3.31. The summed E-state index contributed by atoms with van der Waals surface area (Å²) >= 11 is 1.44. The number of pyridine rings is 1. The van der Waals surface area contributed by atoms with Gasteiger partial charge in [-0.1, -0.05) is 60.3 Å². The Morgan fingerprint density at radius 2 is 1.56 bits per heavy atom. The van der Waals surface area contributed by atoms with Crippen LogP contribution >= 0.6 is 11.8 Å². The molecular weight excluding hydrogens is 496 g/mol. The third-order valence-corrected chi connectivity index (χ3v) is 9.66. The number of aliphatic hydroxyl groups is 1. The van der Waals surface area contributed by atoms with Gasteiger partial charge >= 0.3 is 0 Å². The van der Waals surface area contributed by atoms with Crippen molar-refractivity contribution in [3.8, 4) is 0 Å². The first kappa shape index (κ1) is 23.1. The van der Waals surface area contributed by atoms with Crippen LogP contribution in [0.1, 0.15) is 18.4 Å². The van der Waals surface area contributed by atoms with Gasteiger partial charge in [-0.3, -0.25) is 4.98 Å². The van der Waals surface area contributed by atoms with Crippen LogP contribution in [0.2, 0.25) is 0 Å². The molecule has 0 saturated carbocycles. The highest BCUT2D eigenvalue weighted by Crippen LogP contribution is 2.39. The van der Waals surface area contributed by atoms with Crippen molar-refractivity contribution in [2.75, 3.05) is 13.1 Å². The van der Waals surface area contributed by atoms with Crippen molar-refractivity contribution >= 4 is 43.7 Å². The summed E-state index contributed by atoms with van der Waals surface area (Å²) in [5.41, 5.74) is 1.18. The Kier molecular flexibility index (Phi) is 5.76. The fourth-order valence-electron chi connectivity index (χ4n) is 4.66. The first-order valence-corrected chi connectivity index (χ1v) is 13.8. The van der Waals surface area contributed by atoms with Crippen LogP contribution in [0.15, 0.2) is 98.3 Å². The molecule has 36 heavy (non-hydrogen) atoms. The van der Waals surface area contributed by atoms with E-state index < -0.39 is 15.6 Å². The minimum atomic E-state index is -3.88. The Morgan fingerprint density at radius 1 is 0.833 bits per heavy atom. The Labute approximate surface area is 212 Å². The summed E-state index contributed by atoms with van der Waals surface area (Å²) < 4.78 is 33.6.